The van der Waals surface area contributed by atoms with E-state index in [4.69, 9.17) is 9.47 Å². The van der Waals surface area contributed by atoms with E-state index in [0.29, 0.717) is 22.2 Å². The van der Waals surface area contributed by atoms with Gasteiger partial charge in [0.05, 0.1) is 35.0 Å². The number of nitrogens with one attached hydrogen (secondary N) is 2. The van der Waals surface area contributed by atoms with Crippen LogP contribution in [0.3, 0.4) is 0 Å². The van der Waals surface area contributed by atoms with E-state index in [1.807, 2.05) is 18.2 Å². The van der Waals surface area contributed by atoms with Crippen molar-refractivity contribution < 1.29 is 23.9 Å². The van der Waals surface area contributed by atoms with Crippen LogP contribution in [0.1, 0.15) is 29.9 Å². The van der Waals surface area contributed by atoms with E-state index >= 15 is 0 Å². The standard InChI is InChI=1S/C20H21N3O5/c1-4-27-19(25)17-12(3)22-20(26)23-16(17)10-28-18(24)14-9-11(2)21-15-8-6-5-7-13(14)15/h5-9,12H,4,10H2,1-3H3,(H2,22,23,26)/t12-/m1/s1. The molecule has 0 saturated heterocycles. The third-order valence-electron chi connectivity index (χ3n) is 4.28. The van der Waals surface area contributed by atoms with Crippen LogP contribution in [0, 0.1) is 6.92 Å². The highest BCUT2D eigenvalue weighted by Gasteiger charge is 2.30. The SMILES string of the molecule is CCOC(=O)C1=C(COC(=O)c2cc(C)nc3ccccc23)NC(=O)N[C@@H]1C. The zero-order valence-electron chi connectivity index (χ0n) is 15.9. The number of aryl methyl sites for hydroxylation is 1. The van der Waals surface area contributed by atoms with E-state index in [9.17, 15) is 14.4 Å². The quantitative estimate of drug-likeness (QED) is 0.767. The van der Waals surface area contributed by atoms with Gasteiger partial charge in [0.1, 0.15) is 6.61 Å². The number of hydrogen-bond donors (Lipinski definition) is 2. The maximum atomic E-state index is 12.7. The molecule has 1 aliphatic rings. The molecule has 146 valence electrons. The fourth-order valence-corrected chi connectivity index (χ4v) is 3.09. The number of ether oxygens (including phenoxy) is 2. The number of benzene rings is 1. The summed E-state index contributed by atoms with van der Waals surface area (Å²) in [5.74, 6) is -1.14. The lowest BCUT2D eigenvalue weighted by atomic mass is 10.0. The minimum Gasteiger partial charge on any atom is -0.463 e. The summed E-state index contributed by atoms with van der Waals surface area (Å²) in [4.78, 5) is 41.1. The van der Waals surface area contributed by atoms with Crippen molar-refractivity contribution in [3.63, 3.8) is 0 Å². The molecule has 8 nitrogen and oxygen atoms in total. The monoisotopic (exact) mass is 383 g/mol. The van der Waals surface area contributed by atoms with Crippen LogP contribution in [0.25, 0.3) is 10.9 Å². The van der Waals surface area contributed by atoms with Crippen molar-refractivity contribution in [3.8, 4) is 0 Å². The molecule has 1 atom stereocenters. The van der Waals surface area contributed by atoms with Gasteiger partial charge in [-0.2, -0.15) is 0 Å². The van der Waals surface area contributed by atoms with E-state index in [-0.39, 0.29) is 24.5 Å². The Kier molecular flexibility index (Phi) is 5.58. The van der Waals surface area contributed by atoms with Gasteiger partial charge >= 0.3 is 18.0 Å². The number of fused-ring (bicyclic) bond motifs is 1. The molecule has 0 unspecified atom stereocenters. The van der Waals surface area contributed by atoms with Gasteiger partial charge in [-0.1, -0.05) is 18.2 Å². The molecular weight excluding hydrogens is 362 g/mol. The van der Waals surface area contributed by atoms with Crippen molar-refractivity contribution in [3.05, 3.63) is 52.9 Å². The molecule has 0 fully saturated rings. The number of pyridine rings is 1. The van der Waals surface area contributed by atoms with Crippen molar-refractivity contribution in [2.24, 2.45) is 0 Å². The van der Waals surface area contributed by atoms with Gasteiger partial charge in [-0.3, -0.25) is 4.98 Å². The highest BCUT2D eigenvalue weighted by Crippen LogP contribution is 2.20. The van der Waals surface area contributed by atoms with Crippen molar-refractivity contribution in [2.75, 3.05) is 13.2 Å². The van der Waals surface area contributed by atoms with Crippen LogP contribution in [0.5, 0.6) is 0 Å². The molecule has 0 bridgehead atoms. The first-order valence-corrected chi connectivity index (χ1v) is 8.92. The number of esters is 2. The van der Waals surface area contributed by atoms with Crippen molar-refractivity contribution >= 4 is 28.9 Å². The molecule has 8 heteroatoms. The normalized spacial score (nSPS) is 16.4. The first-order chi connectivity index (χ1) is 13.4. The molecule has 2 N–H and O–H groups in total. The minimum absolute atomic E-state index is 0.193. The van der Waals surface area contributed by atoms with E-state index in [0.717, 1.165) is 0 Å². The molecular formula is C20H21N3O5. The molecule has 28 heavy (non-hydrogen) atoms. The molecule has 0 aliphatic carbocycles. The Balaban J connectivity index is 1.87. The zero-order valence-corrected chi connectivity index (χ0v) is 15.9. The fraction of sp³-hybridized carbons (Fsp3) is 0.300. The molecule has 1 aliphatic heterocycles. The fourth-order valence-electron chi connectivity index (χ4n) is 3.09. The maximum Gasteiger partial charge on any atom is 0.339 e. The molecule has 0 spiro atoms. The van der Waals surface area contributed by atoms with Crippen molar-refractivity contribution in [1.82, 2.24) is 15.6 Å². The van der Waals surface area contributed by atoms with Gasteiger partial charge in [0, 0.05) is 11.1 Å². The Morgan fingerprint density at radius 1 is 1.18 bits per heavy atom. The lowest BCUT2D eigenvalue weighted by Gasteiger charge is -2.26. The first kappa shape index (κ1) is 19.3. The van der Waals surface area contributed by atoms with Crippen LogP contribution in [0.4, 0.5) is 4.79 Å². The summed E-state index contributed by atoms with van der Waals surface area (Å²) in [6.45, 7) is 5.07. The van der Waals surface area contributed by atoms with Crippen LogP contribution < -0.4 is 10.6 Å². The van der Waals surface area contributed by atoms with Gasteiger partial charge < -0.3 is 20.1 Å². The number of urea groups is 1. The number of nitrogens with zero attached hydrogens (tertiary/aromatic N) is 1. The minimum atomic E-state index is -0.571. The van der Waals surface area contributed by atoms with E-state index in [1.54, 1.807) is 32.9 Å². The van der Waals surface area contributed by atoms with Gasteiger partial charge in [-0.25, -0.2) is 14.4 Å². The van der Waals surface area contributed by atoms with Gasteiger partial charge in [0.2, 0.25) is 0 Å². The molecule has 1 aromatic carbocycles. The number of carbonyl (C=O) groups excluding carboxylic acids is 3. The second-order valence-corrected chi connectivity index (χ2v) is 6.34. The lowest BCUT2D eigenvalue weighted by molar-refractivity contribution is -0.139. The lowest BCUT2D eigenvalue weighted by Crippen LogP contribution is -2.50. The predicted octanol–water partition coefficient (Wildman–Crippen LogP) is 2.22. The molecule has 0 saturated carbocycles. The van der Waals surface area contributed by atoms with Gasteiger partial charge in [-0.05, 0) is 32.9 Å². The average molecular weight is 383 g/mol. The highest BCUT2D eigenvalue weighted by molar-refractivity contribution is 6.03. The van der Waals surface area contributed by atoms with Crippen LogP contribution in [0.15, 0.2) is 41.6 Å². The second kappa shape index (κ2) is 8.08. The Hall–Kier alpha value is -3.42. The molecule has 2 aromatic rings. The van der Waals surface area contributed by atoms with Gasteiger partial charge in [-0.15, -0.1) is 0 Å². The van der Waals surface area contributed by atoms with Crippen molar-refractivity contribution in [1.29, 1.82) is 0 Å². The number of amides is 2. The largest absolute Gasteiger partial charge is 0.463 e. The van der Waals surface area contributed by atoms with Crippen LogP contribution in [-0.2, 0) is 14.3 Å². The Morgan fingerprint density at radius 3 is 2.68 bits per heavy atom. The molecule has 2 heterocycles. The summed E-state index contributed by atoms with van der Waals surface area (Å²) in [5.41, 5.74) is 2.17. The summed E-state index contributed by atoms with van der Waals surface area (Å²) in [7, 11) is 0. The average Bonchev–Trinajstić information content (AvgIpc) is 2.65. The number of para-hydroxylation sites is 1. The Labute approximate surface area is 161 Å². The van der Waals surface area contributed by atoms with E-state index < -0.39 is 24.0 Å². The second-order valence-electron chi connectivity index (χ2n) is 6.34. The molecule has 1 aromatic heterocycles. The summed E-state index contributed by atoms with van der Waals surface area (Å²) < 4.78 is 10.5. The number of aromatic nitrogens is 1. The Morgan fingerprint density at radius 2 is 1.93 bits per heavy atom. The van der Waals surface area contributed by atoms with Crippen LogP contribution >= 0.6 is 0 Å². The van der Waals surface area contributed by atoms with Crippen LogP contribution in [0.2, 0.25) is 0 Å². The topological polar surface area (TPSA) is 107 Å². The predicted molar refractivity (Wildman–Crippen MR) is 102 cm³/mol. The Bertz CT molecular complexity index is 983. The van der Waals surface area contributed by atoms with E-state index in [2.05, 4.69) is 15.6 Å². The molecule has 0 radical (unpaired) electrons. The number of rotatable bonds is 5. The third-order valence-corrected chi connectivity index (χ3v) is 4.28. The smallest absolute Gasteiger partial charge is 0.339 e. The van der Waals surface area contributed by atoms with Gasteiger partial charge in [0.25, 0.3) is 0 Å². The summed E-state index contributed by atoms with van der Waals surface area (Å²) in [5, 5.41) is 5.79. The number of carbonyl (C=O) groups is 3. The summed E-state index contributed by atoms with van der Waals surface area (Å²) in [6, 6.07) is 7.86. The summed E-state index contributed by atoms with van der Waals surface area (Å²) in [6.07, 6.45) is 0. The summed E-state index contributed by atoms with van der Waals surface area (Å²) >= 11 is 0. The maximum absolute atomic E-state index is 12.7. The first-order valence-electron chi connectivity index (χ1n) is 8.92. The van der Waals surface area contributed by atoms with Crippen molar-refractivity contribution in [2.45, 2.75) is 26.8 Å². The van der Waals surface area contributed by atoms with Crippen LogP contribution in [-0.4, -0.2) is 42.2 Å². The van der Waals surface area contributed by atoms with E-state index in [1.165, 1.54) is 0 Å². The number of hydrogen-bond acceptors (Lipinski definition) is 6. The highest BCUT2D eigenvalue weighted by atomic mass is 16.5. The van der Waals surface area contributed by atoms with Gasteiger partial charge in [0.15, 0.2) is 0 Å². The third kappa shape index (κ3) is 3.95. The molecule has 3 rings (SSSR count). The zero-order chi connectivity index (χ0) is 20.3. The molecule has 2 amide bonds.